The number of hydrogen-bond donors (Lipinski definition) is 2. The van der Waals surface area contributed by atoms with Crippen LogP contribution in [0.1, 0.15) is 48.5 Å². The van der Waals surface area contributed by atoms with E-state index in [1.807, 2.05) is 13.8 Å². The van der Waals surface area contributed by atoms with Gasteiger partial charge in [0.15, 0.2) is 5.88 Å². The van der Waals surface area contributed by atoms with Crippen LogP contribution in [-0.4, -0.2) is 22.2 Å². The highest BCUT2D eigenvalue weighted by atomic mass is 16.5. The number of carbonyl (C=O) groups is 1. The number of carboxylic acid groups (broad SMARTS) is 1. The summed E-state index contributed by atoms with van der Waals surface area (Å²) in [7, 11) is 0. The molecule has 1 fully saturated rings. The van der Waals surface area contributed by atoms with Gasteiger partial charge in [0.2, 0.25) is 0 Å². The van der Waals surface area contributed by atoms with Crippen LogP contribution in [0.3, 0.4) is 0 Å². The number of aromatic amines is 1. The average molecular weight is 209 g/mol. The molecule has 4 heteroatoms. The fraction of sp³-hybridized carbons (Fsp3) is 0.545. The molecule has 0 bridgehead atoms. The molecule has 4 nitrogen and oxygen atoms in total. The normalized spacial score (nSPS) is 15.7. The van der Waals surface area contributed by atoms with E-state index in [4.69, 9.17) is 9.84 Å². The zero-order valence-corrected chi connectivity index (χ0v) is 8.91. The lowest BCUT2D eigenvalue weighted by Gasteiger charge is -2.10. The van der Waals surface area contributed by atoms with E-state index >= 15 is 0 Å². The third kappa shape index (κ3) is 1.98. The van der Waals surface area contributed by atoms with Crippen molar-refractivity contribution < 1.29 is 14.6 Å². The minimum absolute atomic E-state index is 0.0581. The van der Waals surface area contributed by atoms with Crippen molar-refractivity contribution in [2.75, 3.05) is 0 Å². The fourth-order valence-corrected chi connectivity index (χ4v) is 1.70. The van der Waals surface area contributed by atoms with Gasteiger partial charge in [0.25, 0.3) is 0 Å². The quantitative estimate of drug-likeness (QED) is 0.800. The maximum absolute atomic E-state index is 11.0. The number of H-pyrrole nitrogens is 1. The molecule has 2 rings (SSSR count). The monoisotopic (exact) mass is 209 g/mol. The van der Waals surface area contributed by atoms with Crippen molar-refractivity contribution in [2.24, 2.45) is 0 Å². The molecule has 0 unspecified atom stereocenters. The van der Waals surface area contributed by atoms with Gasteiger partial charge >= 0.3 is 5.97 Å². The van der Waals surface area contributed by atoms with Gasteiger partial charge < -0.3 is 14.8 Å². The highest BCUT2D eigenvalue weighted by Gasteiger charge is 2.33. The maximum atomic E-state index is 11.0. The van der Waals surface area contributed by atoms with Crippen LogP contribution in [0.2, 0.25) is 0 Å². The van der Waals surface area contributed by atoms with Gasteiger partial charge in [0.1, 0.15) is 0 Å². The first kappa shape index (κ1) is 10.1. The van der Waals surface area contributed by atoms with Gasteiger partial charge in [-0.2, -0.15) is 0 Å². The molecule has 1 saturated carbocycles. The van der Waals surface area contributed by atoms with E-state index in [1.54, 1.807) is 0 Å². The lowest BCUT2D eigenvalue weighted by molar-refractivity contribution is 0.0695. The minimum atomic E-state index is -0.883. The molecule has 0 radical (unpaired) electrons. The van der Waals surface area contributed by atoms with Crippen LogP contribution in [0, 0.1) is 0 Å². The molecule has 15 heavy (non-hydrogen) atoms. The van der Waals surface area contributed by atoms with E-state index in [2.05, 4.69) is 4.98 Å². The summed E-state index contributed by atoms with van der Waals surface area (Å²) in [6.07, 6.45) is 3.70. The standard InChI is InChI=1S/C11H15NO3/c1-6(2)15-10-9(7-3-4-7)8(5-12-10)11(13)14/h5-7,12H,3-4H2,1-2H3,(H,13,14). The molecule has 0 spiro atoms. The van der Waals surface area contributed by atoms with E-state index in [0.29, 0.717) is 17.4 Å². The number of hydrogen-bond acceptors (Lipinski definition) is 2. The van der Waals surface area contributed by atoms with Gasteiger partial charge in [-0.15, -0.1) is 0 Å². The van der Waals surface area contributed by atoms with Gasteiger partial charge in [-0.25, -0.2) is 4.79 Å². The summed E-state index contributed by atoms with van der Waals surface area (Å²) in [6.45, 7) is 3.86. The molecule has 1 aliphatic carbocycles. The summed E-state index contributed by atoms with van der Waals surface area (Å²) in [6, 6.07) is 0. The van der Waals surface area contributed by atoms with Crippen LogP contribution in [0.15, 0.2) is 6.20 Å². The number of ether oxygens (including phenoxy) is 1. The van der Waals surface area contributed by atoms with Crippen LogP contribution < -0.4 is 4.74 Å². The fourth-order valence-electron chi connectivity index (χ4n) is 1.70. The first-order valence-corrected chi connectivity index (χ1v) is 5.20. The molecule has 0 atom stereocenters. The molecule has 0 amide bonds. The van der Waals surface area contributed by atoms with Crippen LogP contribution in [0.5, 0.6) is 5.88 Å². The zero-order valence-electron chi connectivity index (χ0n) is 8.91. The zero-order chi connectivity index (χ0) is 11.0. The number of carboxylic acids is 1. The van der Waals surface area contributed by atoms with E-state index in [1.165, 1.54) is 6.20 Å². The summed E-state index contributed by atoms with van der Waals surface area (Å²) < 4.78 is 5.56. The molecule has 1 aliphatic rings. The van der Waals surface area contributed by atoms with Crippen molar-refractivity contribution in [3.05, 3.63) is 17.3 Å². The van der Waals surface area contributed by atoms with E-state index in [0.717, 1.165) is 18.4 Å². The Hall–Kier alpha value is -1.45. The van der Waals surface area contributed by atoms with Crippen LogP contribution in [-0.2, 0) is 0 Å². The number of aromatic carboxylic acids is 1. The van der Waals surface area contributed by atoms with Crippen LogP contribution in [0.25, 0.3) is 0 Å². The van der Waals surface area contributed by atoms with Gasteiger partial charge in [0, 0.05) is 11.8 Å². The van der Waals surface area contributed by atoms with Gasteiger partial charge in [-0.05, 0) is 32.6 Å². The second kappa shape index (κ2) is 3.61. The predicted molar refractivity (Wildman–Crippen MR) is 55.5 cm³/mol. The Bertz CT molecular complexity index is 377. The second-order valence-corrected chi connectivity index (χ2v) is 4.19. The molecule has 0 saturated heterocycles. The molecular weight excluding hydrogens is 194 g/mol. The van der Waals surface area contributed by atoms with Crippen molar-refractivity contribution in [1.29, 1.82) is 0 Å². The SMILES string of the molecule is CC(C)Oc1[nH]cc(C(=O)O)c1C1CC1. The largest absolute Gasteiger partial charge is 0.478 e. The first-order chi connectivity index (χ1) is 7.09. The first-order valence-electron chi connectivity index (χ1n) is 5.20. The third-order valence-corrected chi connectivity index (χ3v) is 2.45. The predicted octanol–water partition coefficient (Wildman–Crippen LogP) is 2.38. The average Bonchev–Trinajstić information content (AvgIpc) is 2.87. The minimum Gasteiger partial charge on any atom is -0.478 e. The van der Waals surface area contributed by atoms with Gasteiger partial charge in [-0.3, -0.25) is 0 Å². The maximum Gasteiger partial charge on any atom is 0.337 e. The number of rotatable bonds is 4. The highest BCUT2D eigenvalue weighted by Crippen LogP contribution is 2.46. The molecule has 0 aromatic carbocycles. The Morgan fingerprint density at radius 2 is 2.27 bits per heavy atom. The second-order valence-electron chi connectivity index (χ2n) is 4.19. The van der Waals surface area contributed by atoms with Crippen molar-refractivity contribution in [3.63, 3.8) is 0 Å². The lowest BCUT2D eigenvalue weighted by atomic mass is 10.1. The van der Waals surface area contributed by atoms with Gasteiger partial charge in [-0.1, -0.05) is 0 Å². The topological polar surface area (TPSA) is 62.3 Å². The summed E-state index contributed by atoms with van der Waals surface area (Å²) in [4.78, 5) is 13.9. The molecule has 1 heterocycles. The van der Waals surface area contributed by atoms with E-state index < -0.39 is 5.97 Å². The van der Waals surface area contributed by atoms with Crippen molar-refractivity contribution in [1.82, 2.24) is 4.98 Å². The number of aromatic nitrogens is 1. The lowest BCUT2D eigenvalue weighted by Crippen LogP contribution is -2.08. The summed E-state index contributed by atoms with van der Waals surface area (Å²) >= 11 is 0. The summed E-state index contributed by atoms with van der Waals surface area (Å²) in [5, 5.41) is 9.01. The van der Waals surface area contributed by atoms with Crippen LogP contribution >= 0.6 is 0 Å². The Balaban J connectivity index is 2.33. The van der Waals surface area contributed by atoms with Crippen molar-refractivity contribution >= 4 is 5.97 Å². The molecule has 1 aromatic rings. The Morgan fingerprint density at radius 1 is 1.60 bits per heavy atom. The Morgan fingerprint density at radius 3 is 2.73 bits per heavy atom. The van der Waals surface area contributed by atoms with Gasteiger partial charge in [0.05, 0.1) is 11.7 Å². The van der Waals surface area contributed by atoms with E-state index in [-0.39, 0.29) is 6.10 Å². The number of nitrogens with one attached hydrogen (secondary N) is 1. The molecular formula is C11H15NO3. The molecule has 82 valence electrons. The summed E-state index contributed by atoms with van der Waals surface area (Å²) in [5.74, 6) is 0.118. The molecule has 2 N–H and O–H groups in total. The summed E-state index contributed by atoms with van der Waals surface area (Å²) in [5.41, 5.74) is 1.20. The Kier molecular flexibility index (Phi) is 2.42. The van der Waals surface area contributed by atoms with Crippen molar-refractivity contribution in [3.8, 4) is 5.88 Å². The Labute approximate surface area is 88.3 Å². The van der Waals surface area contributed by atoms with Crippen molar-refractivity contribution in [2.45, 2.75) is 38.7 Å². The van der Waals surface area contributed by atoms with Crippen LogP contribution in [0.4, 0.5) is 0 Å². The third-order valence-electron chi connectivity index (χ3n) is 2.45. The molecule has 1 aromatic heterocycles. The van der Waals surface area contributed by atoms with E-state index in [9.17, 15) is 4.79 Å². The molecule has 0 aliphatic heterocycles. The highest BCUT2D eigenvalue weighted by molar-refractivity contribution is 5.90. The smallest absolute Gasteiger partial charge is 0.337 e.